The molecule has 0 aliphatic carbocycles. The zero-order valence-corrected chi connectivity index (χ0v) is 15.4. The van der Waals surface area contributed by atoms with Crippen LogP contribution in [0.4, 0.5) is 0 Å². The molecule has 126 valence electrons. The second kappa shape index (κ2) is 9.98. The van der Waals surface area contributed by atoms with E-state index >= 15 is 0 Å². The molecule has 0 radical (unpaired) electrons. The van der Waals surface area contributed by atoms with E-state index in [1.807, 2.05) is 38.1 Å². The quantitative estimate of drug-likeness (QED) is 0.710. The Morgan fingerprint density at radius 1 is 1.36 bits per heavy atom. The van der Waals surface area contributed by atoms with Crippen molar-refractivity contribution in [3.8, 4) is 5.75 Å². The van der Waals surface area contributed by atoms with E-state index < -0.39 is 0 Å². The molecule has 6 heteroatoms. The van der Waals surface area contributed by atoms with Crippen LogP contribution >= 0.6 is 24.2 Å². The zero-order chi connectivity index (χ0) is 15.9. The maximum Gasteiger partial charge on any atom is 0.230 e. The Balaban J connectivity index is 0.00000441. The molecule has 1 rings (SSSR count). The van der Waals surface area contributed by atoms with Crippen molar-refractivity contribution in [2.45, 2.75) is 38.1 Å². The van der Waals surface area contributed by atoms with E-state index in [0.29, 0.717) is 24.8 Å². The van der Waals surface area contributed by atoms with Gasteiger partial charge in [0.15, 0.2) is 0 Å². The third-order valence-electron chi connectivity index (χ3n) is 3.63. The highest BCUT2D eigenvalue weighted by molar-refractivity contribution is 8.00. The summed E-state index contributed by atoms with van der Waals surface area (Å²) in [7, 11) is 0. The Labute approximate surface area is 144 Å². The van der Waals surface area contributed by atoms with Gasteiger partial charge in [-0.15, -0.1) is 24.2 Å². The molecule has 0 fully saturated rings. The maximum atomic E-state index is 12.1. The normalized spacial score (nSPS) is 13.2. The van der Waals surface area contributed by atoms with E-state index in [4.69, 9.17) is 10.5 Å². The molecule has 22 heavy (non-hydrogen) atoms. The van der Waals surface area contributed by atoms with E-state index in [0.717, 1.165) is 10.6 Å². The van der Waals surface area contributed by atoms with Gasteiger partial charge >= 0.3 is 0 Å². The summed E-state index contributed by atoms with van der Waals surface area (Å²) >= 11 is 1.51. The molecule has 0 saturated heterocycles. The van der Waals surface area contributed by atoms with Gasteiger partial charge in [0, 0.05) is 11.4 Å². The molecule has 1 unspecified atom stereocenters. The highest BCUT2D eigenvalue weighted by atomic mass is 35.5. The van der Waals surface area contributed by atoms with Crippen LogP contribution in [0.15, 0.2) is 29.2 Å². The summed E-state index contributed by atoms with van der Waals surface area (Å²) in [6.45, 7) is 9.15. The smallest absolute Gasteiger partial charge is 0.230 e. The van der Waals surface area contributed by atoms with Crippen molar-refractivity contribution in [3.05, 3.63) is 24.3 Å². The van der Waals surface area contributed by atoms with Crippen molar-refractivity contribution >= 4 is 30.1 Å². The fourth-order valence-corrected chi connectivity index (χ4v) is 2.43. The first kappa shape index (κ1) is 21.1. The Bertz CT molecular complexity index is 454. The summed E-state index contributed by atoms with van der Waals surface area (Å²) in [4.78, 5) is 13.1. The average Bonchev–Trinajstić information content (AvgIpc) is 2.46. The van der Waals surface area contributed by atoms with Crippen molar-refractivity contribution in [1.82, 2.24) is 5.32 Å². The molecule has 4 nitrogen and oxygen atoms in total. The van der Waals surface area contributed by atoms with E-state index in [1.165, 1.54) is 11.8 Å². The van der Waals surface area contributed by atoms with Crippen LogP contribution < -0.4 is 15.8 Å². The fourth-order valence-electron chi connectivity index (χ4n) is 1.73. The van der Waals surface area contributed by atoms with Crippen LogP contribution in [0.1, 0.15) is 27.7 Å². The van der Waals surface area contributed by atoms with Crippen molar-refractivity contribution in [3.63, 3.8) is 0 Å². The first-order valence-corrected chi connectivity index (χ1v) is 8.26. The highest BCUT2D eigenvalue weighted by Gasteiger charge is 2.28. The molecule has 1 amide bonds. The van der Waals surface area contributed by atoms with Crippen molar-refractivity contribution in [2.24, 2.45) is 11.7 Å². The maximum absolute atomic E-state index is 12.1. The molecular weight excluding hydrogens is 320 g/mol. The van der Waals surface area contributed by atoms with Gasteiger partial charge in [-0.3, -0.25) is 4.79 Å². The number of carbonyl (C=O) groups excluding carboxylic acids is 1. The van der Waals surface area contributed by atoms with Gasteiger partial charge in [-0.1, -0.05) is 13.8 Å². The lowest BCUT2D eigenvalue weighted by atomic mass is 9.88. The van der Waals surface area contributed by atoms with Crippen LogP contribution in [0.5, 0.6) is 5.75 Å². The number of hydrogen-bond acceptors (Lipinski definition) is 4. The molecule has 0 aliphatic heterocycles. The lowest BCUT2D eigenvalue weighted by Gasteiger charge is -2.33. The number of rotatable bonds is 8. The van der Waals surface area contributed by atoms with Crippen molar-refractivity contribution < 1.29 is 9.53 Å². The van der Waals surface area contributed by atoms with Crippen molar-refractivity contribution in [2.75, 3.05) is 18.9 Å². The monoisotopic (exact) mass is 346 g/mol. The molecule has 0 spiro atoms. The summed E-state index contributed by atoms with van der Waals surface area (Å²) in [5.41, 5.74) is 5.42. The fraction of sp³-hybridized carbons (Fsp3) is 0.562. The van der Waals surface area contributed by atoms with Gasteiger partial charge in [0.05, 0.1) is 17.9 Å². The summed E-state index contributed by atoms with van der Waals surface area (Å²) in [5, 5.41) is 3.03. The molecule has 0 heterocycles. The number of thioether (sulfide) groups is 1. The summed E-state index contributed by atoms with van der Waals surface area (Å²) in [6.07, 6.45) is 0. The van der Waals surface area contributed by atoms with Gasteiger partial charge in [0.25, 0.3) is 0 Å². The number of nitrogens with two attached hydrogens (primary N) is 1. The predicted molar refractivity (Wildman–Crippen MR) is 96.0 cm³/mol. The summed E-state index contributed by atoms with van der Waals surface area (Å²) in [6, 6.07) is 7.77. The van der Waals surface area contributed by atoms with Crippen LogP contribution in [-0.2, 0) is 4.79 Å². The summed E-state index contributed by atoms with van der Waals surface area (Å²) < 4.78 is 5.39. The molecule has 0 aromatic heterocycles. The molecule has 3 N–H and O–H groups in total. The predicted octanol–water partition coefficient (Wildman–Crippen LogP) is 3.09. The average molecular weight is 347 g/mol. The number of hydrogen-bond donors (Lipinski definition) is 2. The Kier molecular flexibility index (Phi) is 9.56. The molecule has 0 aliphatic rings. The third-order valence-corrected chi connectivity index (χ3v) is 4.64. The largest absolute Gasteiger partial charge is 0.494 e. The van der Waals surface area contributed by atoms with Gasteiger partial charge in [0.2, 0.25) is 5.91 Å². The molecule has 1 aromatic carbocycles. The Morgan fingerprint density at radius 3 is 2.41 bits per heavy atom. The molecule has 0 saturated carbocycles. The van der Waals surface area contributed by atoms with E-state index in [9.17, 15) is 4.79 Å². The minimum absolute atomic E-state index is 0. The second-order valence-electron chi connectivity index (χ2n) is 5.52. The molecule has 0 bridgehead atoms. The lowest BCUT2D eigenvalue weighted by Crippen LogP contribution is -2.55. The first-order chi connectivity index (χ1) is 9.91. The van der Waals surface area contributed by atoms with E-state index in [-0.39, 0.29) is 23.9 Å². The third kappa shape index (κ3) is 6.46. The summed E-state index contributed by atoms with van der Waals surface area (Å²) in [5.74, 6) is 1.54. The van der Waals surface area contributed by atoms with E-state index in [2.05, 4.69) is 19.2 Å². The topological polar surface area (TPSA) is 64.3 Å². The van der Waals surface area contributed by atoms with Crippen LogP contribution in [0.3, 0.4) is 0 Å². The lowest BCUT2D eigenvalue weighted by molar-refractivity contribution is -0.120. The van der Waals surface area contributed by atoms with Crippen molar-refractivity contribution in [1.29, 1.82) is 0 Å². The highest BCUT2D eigenvalue weighted by Crippen LogP contribution is 2.22. The number of carbonyl (C=O) groups is 1. The minimum Gasteiger partial charge on any atom is -0.494 e. The molecule has 1 atom stereocenters. The minimum atomic E-state index is -0.351. The Hall–Kier alpha value is -0.910. The number of ether oxygens (including phenoxy) is 1. The van der Waals surface area contributed by atoms with Gasteiger partial charge in [-0.25, -0.2) is 0 Å². The number of nitrogens with one attached hydrogen (secondary N) is 1. The number of amides is 1. The van der Waals surface area contributed by atoms with Gasteiger partial charge in [-0.2, -0.15) is 0 Å². The van der Waals surface area contributed by atoms with Crippen LogP contribution in [-0.4, -0.2) is 30.4 Å². The van der Waals surface area contributed by atoms with Gasteiger partial charge in [0.1, 0.15) is 5.75 Å². The molecule has 1 aromatic rings. The number of halogens is 1. The first-order valence-electron chi connectivity index (χ1n) is 7.28. The van der Waals surface area contributed by atoms with Gasteiger partial charge in [-0.05, 0) is 44.0 Å². The molecular formula is C16H27ClN2O2S. The second-order valence-corrected chi connectivity index (χ2v) is 6.57. The van der Waals surface area contributed by atoms with Crippen LogP contribution in [0, 0.1) is 5.92 Å². The standard InChI is InChI=1S/C16H26N2O2S.ClH/c1-5-20-13-6-8-14(9-7-13)21-10-15(19)18-16(4,11-17)12(2)3;/h6-9,12H,5,10-11,17H2,1-4H3,(H,18,19);1H. The SMILES string of the molecule is CCOc1ccc(SCC(=O)NC(C)(CN)C(C)C)cc1.Cl. The zero-order valence-electron chi connectivity index (χ0n) is 13.7. The Morgan fingerprint density at radius 2 is 1.95 bits per heavy atom. The number of benzene rings is 1. The van der Waals surface area contributed by atoms with Gasteiger partial charge < -0.3 is 15.8 Å². The van der Waals surface area contributed by atoms with Crippen LogP contribution in [0.25, 0.3) is 0 Å². The van der Waals surface area contributed by atoms with Crippen LogP contribution in [0.2, 0.25) is 0 Å². The van der Waals surface area contributed by atoms with E-state index in [1.54, 1.807) is 0 Å².